The van der Waals surface area contributed by atoms with Gasteiger partial charge in [0.2, 0.25) is 0 Å². The quantitative estimate of drug-likeness (QED) is 0.628. The lowest BCUT2D eigenvalue weighted by atomic mass is 9.93. The van der Waals surface area contributed by atoms with Crippen LogP contribution in [0.2, 0.25) is 0 Å². The van der Waals surface area contributed by atoms with E-state index in [1.807, 2.05) is 0 Å². The first-order valence-corrected chi connectivity index (χ1v) is 8.11. The van der Waals surface area contributed by atoms with Crippen LogP contribution in [0.4, 0.5) is 0 Å². The third-order valence-electron chi connectivity index (χ3n) is 4.04. The number of rotatable bonds is 11. The fourth-order valence-corrected chi connectivity index (χ4v) is 2.70. The minimum absolute atomic E-state index is 0.322. The van der Waals surface area contributed by atoms with E-state index in [1.165, 1.54) is 12.8 Å². The fraction of sp³-hybridized carbons (Fsp3) is 0.938. The molecule has 1 unspecified atom stereocenters. The zero-order chi connectivity index (χ0) is 15.0. The van der Waals surface area contributed by atoms with Crippen LogP contribution < -0.4 is 5.32 Å². The van der Waals surface area contributed by atoms with Gasteiger partial charge in [0.05, 0.1) is 6.07 Å². The zero-order valence-electron chi connectivity index (χ0n) is 13.8. The fourth-order valence-electron chi connectivity index (χ4n) is 2.70. The third kappa shape index (κ3) is 5.40. The molecule has 0 aromatic carbocycles. The van der Waals surface area contributed by atoms with Crippen molar-refractivity contribution >= 4 is 0 Å². The molecule has 0 aromatic rings. The Bertz CT molecular complexity index is 306. The maximum Gasteiger partial charge on any atom is 0.122 e. The van der Waals surface area contributed by atoms with Gasteiger partial charge in [-0.05, 0) is 58.8 Å². The second-order valence-corrected chi connectivity index (χ2v) is 6.36. The maximum atomic E-state index is 9.76. The zero-order valence-corrected chi connectivity index (χ0v) is 13.8. The number of likely N-dealkylation sites (N-methyl/N-ethyl adjacent to an activating group) is 1. The Labute approximate surface area is 125 Å². The lowest BCUT2D eigenvalue weighted by Crippen LogP contribution is -2.55. The van der Waals surface area contributed by atoms with E-state index in [1.54, 1.807) is 0 Å². The summed E-state index contributed by atoms with van der Waals surface area (Å²) in [7, 11) is 4.22. The van der Waals surface area contributed by atoms with Gasteiger partial charge >= 0.3 is 0 Å². The van der Waals surface area contributed by atoms with Crippen molar-refractivity contribution in [2.75, 3.05) is 46.8 Å². The van der Waals surface area contributed by atoms with Crippen molar-refractivity contribution < 1.29 is 0 Å². The Kier molecular flexibility index (Phi) is 7.50. The number of nitrogens with one attached hydrogen (secondary N) is 1. The average molecular weight is 280 g/mol. The molecule has 1 aliphatic carbocycles. The largest absolute Gasteiger partial charge is 0.308 e. The van der Waals surface area contributed by atoms with Crippen molar-refractivity contribution in [1.29, 1.82) is 5.26 Å². The first kappa shape index (κ1) is 17.4. The summed E-state index contributed by atoms with van der Waals surface area (Å²) in [5.41, 5.74) is -0.322. The van der Waals surface area contributed by atoms with Gasteiger partial charge < -0.3 is 4.90 Å². The highest BCUT2D eigenvalue weighted by molar-refractivity contribution is 5.16. The third-order valence-corrected chi connectivity index (χ3v) is 4.04. The predicted molar refractivity (Wildman–Crippen MR) is 84.6 cm³/mol. The van der Waals surface area contributed by atoms with E-state index in [2.05, 4.69) is 49.1 Å². The molecular formula is C16H32N4. The minimum atomic E-state index is -0.322. The Hall–Kier alpha value is -0.630. The van der Waals surface area contributed by atoms with E-state index < -0.39 is 0 Å². The topological polar surface area (TPSA) is 42.3 Å². The van der Waals surface area contributed by atoms with Crippen LogP contribution in [0.3, 0.4) is 0 Å². The van der Waals surface area contributed by atoms with Crippen molar-refractivity contribution in [3.63, 3.8) is 0 Å². The van der Waals surface area contributed by atoms with Gasteiger partial charge in [-0.1, -0.05) is 13.8 Å². The van der Waals surface area contributed by atoms with Gasteiger partial charge in [-0.25, -0.2) is 0 Å². The van der Waals surface area contributed by atoms with Gasteiger partial charge in [-0.3, -0.25) is 10.2 Å². The van der Waals surface area contributed by atoms with Crippen LogP contribution in [0, 0.1) is 17.2 Å². The monoisotopic (exact) mass is 280 g/mol. The molecule has 1 N–H and O–H groups in total. The first-order valence-electron chi connectivity index (χ1n) is 8.11. The summed E-state index contributed by atoms with van der Waals surface area (Å²) >= 11 is 0. The molecule has 1 atom stereocenters. The lowest BCUT2D eigenvalue weighted by Gasteiger charge is -2.35. The summed E-state index contributed by atoms with van der Waals surface area (Å²) in [5, 5.41) is 13.3. The Balaban J connectivity index is 2.65. The molecule has 1 fully saturated rings. The Morgan fingerprint density at radius 2 is 1.85 bits per heavy atom. The Morgan fingerprint density at radius 1 is 1.15 bits per heavy atom. The minimum Gasteiger partial charge on any atom is -0.308 e. The normalized spacial score (nSPS) is 18.2. The molecule has 0 aromatic heterocycles. The summed E-state index contributed by atoms with van der Waals surface area (Å²) in [6.07, 6.45) is 4.64. The molecule has 116 valence electrons. The molecule has 4 nitrogen and oxygen atoms in total. The molecule has 1 rings (SSSR count). The van der Waals surface area contributed by atoms with Gasteiger partial charge in [0.25, 0.3) is 0 Å². The molecule has 0 heterocycles. The molecule has 0 bridgehead atoms. The molecule has 0 saturated heterocycles. The van der Waals surface area contributed by atoms with Crippen LogP contribution in [0.15, 0.2) is 0 Å². The summed E-state index contributed by atoms with van der Waals surface area (Å²) < 4.78 is 0. The first-order chi connectivity index (χ1) is 9.57. The number of hydrogen-bond acceptors (Lipinski definition) is 4. The van der Waals surface area contributed by atoms with Crippen LogP contribution in [-0.2, 0) is 0 Å². The molecule has 4 heteroatoms. The van der Waals surface area contributed by atoms with Gasteiger partial charge in [-0.15, -0.1) is 0 Å². The molecule has 0 radical (unpaired) electrons. The Morgan fingerprint density at radius 3 is 2.30 bits per heavy atom. The second-order valence-electron chi connectivity index (χ2n) is 6.36. The lowest BCUT2D eigenvalue weighted by molar-refractivity contribution is 0.181. The van der Waals surface area contributed by atoms with E-state index in [0.29, 0.717) is 5.92 Å². The van der Waals surface area contributed by atoms with E-state index in [4.69, 9.17) is 0 Å². The van der Waals surface area contributed by atoms with Crippen LogP contribution in [0.1, 0.15) is 39.5 Å². The highest BCUT2D eigenvalue weighted by Gasteiger charge is 2.46. The van der Waals surface area contributed by atoms with Crippen molar-refractivity contribution in [1.82, 2.24) is 15.1 Å². The summed E-state index contributed by atoms with van der Waals surface area (Å²) in [6, 6.07) is 2.62. The van der Waals surface area contributed by atoms with Crippen molar-refractivity contribution in [3.05, 3.63) is 0 Å². The molecule has 1 aliphatic rings. The van der Waals surface area contributed by atoms with Gasteiger partial charge in [0, 0.05) is 19.6 Å². The maximum absolute atomic E-state index is 9.76. The van der Waals surface area contributed by atoms with Crippen LogP contribution in [0.25, 0.3) is 0 Å². The molecule has 0 aliphatic heterocycles. The standard InChI is InChI=1S/C16H32N4/c1-5-9-18-16(13-17,15-7-8-15)14-20(10-6-2)12-11-19(3)4/h15,18H,5-12,14H2,1-4H3. The van der Waals surface area contributed by atoms with Crippen LogP contribution in [0.5, 0.6) is 0 Å². The van der Waals surface area contributed by atoms with E-state index >= 15 is 0 Å². The average Bonchev–Trinajstić information content (AvgIpc) is 3.25. The molecule has 0 spiro atoms. The van der Waals surface area contributed by atoms with E-state index in [0.717, 1.165) is 45.6 Å². The van der Waals surface area contributed by atoms with Crippen LogP contribution >= 0.6 is 0 Å². The van der Waals surface area contributed by atoms with Crippen molar-refractivity contribution in [2.24, 2.45) is 5.92 Å². The number of hydrogen-bond donors (Lipinski definition) is 1. The van der Waals surface area contributed by atoms with Gasteiger partial charge in [0.15, 0.2) is 0 Å². The summed E-state index contributed by atoms with van der Waals surface area (Å²) in [4.78, 5) is 4.68. The smallest absolute Gasteiger partial charge is 0.122 e. The highest BCUT2D eigenvalue weighted by Crippen LogP contribution is 2.40. The van der Waals surface area contributed by atoms with Crippen LogP contribution in [-0.4, -0.2) is 62.2 Å². The van der Waals surface area contributed by atoms with E-state index in [-0.39, 0.29) is 5.54 Å². The SMILES string of the molecule is CCCNC(C#N)(CN(CCC)CCN(C)C)C1CC1. The number of nitrogens with zero attached hydrogens (tertiary/aromatic N) is 3. The molecule has 20 heavy (non-hydrogen) atoms. The molecule has 0 amide bonds. The second kappa shape index (κ2) is 8.61. The molecule has 1 saturated carbocycles. The molecular weight excluding hydrogens is 248 g/mol. The van der Waals surface area contributed by atoms with Gasteiger partial charge in [-0.2, -0.15) is 5.26 Å². The summed E-state index contributed by atoms with van der Waals surface area (Å²) in [5.74, 6) is 0.553. The highest BCUT2D eigenvalue weighted by atomic mass is 15.2. The van der Waals surface area contributed by atoms with Crippen molar-refractivity contribution in [3.8, 4) is 6.07 Å². The predicted octanol–water partition coefficient (Wildman–Crippen LogP) is 1.93. The van der Waals surface area contributed by atoms with Crippen molar-refractivity contribution in [2.45, 2.75) is 45.1 Å². The number of nitriles is 1. The van der Waals surface area contributed by atoms with E-state index in [9.17, 15) is 5.26 Å². The summed E-state index contributed by atoms with van der Waals surface area (Å²) in [6.45, 7) is 9.38. The van der Waals surface area contributed by atoms with Gasteiger partial charge in [0.1, 0.15) is 5.54 Å².